The van der Waals surface area contributed by atoms with Gasteiger partial charge in [0.25, 0.3) is 0 Å². The van der Waals surface area contributed by atoms with Gasteiger partial charge in [0.2, 0.25) is 0 Å². The molecule has 0 spiro atoms. The quantitative estimate of drug-likeness (QED) is 0.249. The van der Waals surface area contributed by atoms with Crippen LogP contribution in [-0.2, 0) is 57.2 Å². The summed E-state index contributed by atoms with van der Waals surface area (Å²) in [4.78, 5) is 77.1. The lowest BCUT2D eigenvalue weighted by Gasteiger charge is -2.26. The zero-order valence-electron chi connectivity index (χ0n) is 17.9. The van der Waals surface area contributed by atoms with Gasteiger partial charge in [-0.1, -0.05) is 15.9 Å². The molecule has 3 unspecified atom stereocenters. The Balaban J connectivity index is 3.24. The Labute approximate surface area is 189 Å². The standard InChI is InChI=1S/C19H19BrO12/c1-27-12(21)7-8(13(22)28-2)10(15(24)30-4)18(16(25)31-5)11(9(7)14(23)29-3)19(18,20)17(26)32-6/h11H,1-6H3. The Hall–Kier alpha value is -3.22. The first-order valence-corrected chi connectivity index (χ1v) is 9.50. The summed E-state index contributed by atoms with van der Waals surface area (Å²) in [6, 6.07) is 0. The Morgan fingerprint density at radius 2 is 1.06 bits per heavy atom. The molecule has 0 heterocycles. The highest BCUT2D eigenvalue weighted by Crippen LogP contribution is 2.77. The summed E-state index contributed by atoms with van der Waals surface area (Å²) in [7, 11) is 5.75. The summed E-state index contributed by atoms with van der Waals surface area (Å²) in [5.41, 5.74) is -5.24. The summed E-state index contributed by atoms with van der Waals surface area (Å²) in [5.74, 6) is -8.85. The fourth-order valence-corrected chi connectivity index (χ4v) is 5.26. The Kier molecular flexibility index (Phi) is 6.83. The van der Waals surface area contributed by atoms with Crippen molar-refractivity contribution >= 4 is 51.7 Å². The zero-order valence-corrected chi connectivity index (χ0v) is 19.4. The minimum atomic E-state index is -2.34. The molecular formula is C19H19BrO12. The third kappa shape index (κ3) is 2.94. The maximum absolute atomic E-state index is 13.1. The van der Waals surface area contributed by atoms with Gasteiger partial charge in [0, 0.05) is 5.92 Å². The molecule has 2 aliphatic carbocycles. The number of carbonyl (C=O) groups is 6. The van der Waals surface area contributed by atoms with E-state index in [1.807, 2.05) is 0 Å². The highest BCUT2D eigenvalue weighted by Gasteiger charge is 2.91. The van der Waals surface area contributed by atoms with Crippen molar-refractivity contribution < 1.29 is 57.2 Å². The van der Waals surface area contributed by atoms with Gasteiger partial charge in [0.05, 0.1) is 65.0 Å². The van der Waals surface area contributed by atoms with Crippen molar-refractivity contribution in [2.45, 2.75) is 4.32 Å². The topological polar surface area (TPSA) is 158 Å². The lowest BCUT2D eigenvalue weighted by atomic mass is 9.77. The first kappa shape index (κ1) is 25.0. The van der Waals surface area contributed by atoms with E-state index in [2.05, 4.69) is 15.9 Å². The molecule has 13 heteroatoms. The smallest absolute Gasteiger partial charge is 0.339 e. The third-order valence-electron chi connectivity index (χ3n) is 5.34. The molecule has 1 fully saturated rings. The predicted octanol–water partition coefficient (Wildman–Crippen LogP) is -0.619. The van der Waals surface area contributed by atoms with Crippen molar-refractivity contribution in [3.63, 3.8) is 0 Å². The summed E-state index contributed by atoms with van der Waals surface area (Å²) < 4.78 is 26.3. The van der Waals surface area contributed by atoms with Gasteiger partial charge in [0.15, 0.2) is 4.32 Å². The van der Waals surface area contributed by atoms with Crippen LogP contribution in [0.25, 0.3) is 0 Å². The van der Waals surface area contributed by atoms with E-state index in [-0.39, 0.29) is 0 Å². The monoisotopic (exact) mass is 518 g/mol. The van der Waals surface area contributed by atoms with Gasteiger partial charge in [-0.25, -0.2) is 19.2 Å². The van der Waals surface area contributed by atoms with Crippen molar-refractivity contribution in [1.29, 1.82) is 0 Å². The number of hydrogen-bond acceptors (Lipinski definition) is 12. The molecule has 174 valence electrons. The molecule has 0 aliphatic heterocycles. The first-order chi connectivity index (χ1) is 15.0. The van der Waals surface area contributed by atoms with E-state index in [0.29, 0.717) is 0 Å². The van der Waals surface area contributed by atoms with Crippen molar-refractivity contribution in [2.75, 3.05) is 42.7 Å². The SMILES string of the molecule is COC(=O)C1=C(C(=O)OC)C2C(Br)(C(=O)OC)C2(C(=O)OC)C(C(=O)OC)=C1C(=O)OC. The number of esters is 6. The highest BCUT2D eigenvalue weighted by atomic mass is 79.9. The number of ether oxygens (including phenoxy) is 6. The van der Waals surface area contributed by atoms with Crippen molar-refractivity contribution in [1.82, 2.24) is 0 Å². The van der Waals surface area contributed by atoms with Crippen molar-refractivity contribution in [3.8, 4) is 0 Å². The van der Waals surface area contributed by atoms with Crippen molar-refractivity contribution in [2.24, 2.45) is 11.3 Å². The van der Waals surface area contributed by atoms with E-state index in [1.165, 1.54) is 0 Å². The summed E-state index contributed by atoms with van der Waals surface area (Å²) in [6.45, 7) is 0. The van der Waals surface area contributed by atoms with E-state index in [1.54, 1.807) is 0 Å². The van der Waals surface area contributed by atoms with Crippen LogP contribution in [0.2, 0.25) is 0 Å². The molecule has 2 rings (SSSR count). The average molecular weight is 519 g/mol. The Morgan fingerprint density at radius 3 is 1.47 bits per heavy atom. The molecule has 32 heavy (non-hydrogen) atoms. The van der Waals surface area contributed by atoms with Crippen LogP contribution in [0.5, 0.6) is 0 Å². The van der Waals surface area contributed by atoms with Crippen molar-refractivity contribution in [3.05, 3.63) is 22.3 Å². The van der Waals surface area contributed by atoms with Gasteiger partial charge in [0.1, 0.15) is 5.41 Å². The molecule has 0 aromatic rings. The average Bonchev–Trinajstić information content (AvgIpc) is 3.40. The number of fused-ring (bicyclic) bond motifs is 1. The third-order valence-corrected chi connectivity index (χ3v) is 6.74. The Morgan fingerprint density at radius 1 is 0.625 bits per heavy atom. The second-order valence-electron chi connectivity index (χ2n) is 6.44. The number of carbonyl (C=O) groups excluding carboxylic acids is 6. The van der Waals surface area contributed by atoms with Crippen LogP contribution in [0.3, 0.4) is 0 Å². The summed E-state index contributed by atoms with van der Waals surface area (Å²) in [5, 5.41) is 0. The minimum Gasteiger partial charge on any atom is -0.468 e. The van der Waals surface area contributed by atoms with E-state index in [0.717, 1.165) is 42.7 Å². The second-order valence-corrected chi connectivity index (χ2v) is 7.69. The van der Waals surface area contributed by atoms with Crippen LogP contribution in [0.15, 0.2) is 22.3 Å². The van der Waals surface area contributed by atoms with Gasteiger partial charge in [-0.2, -0.15) is 0 Å². The lowest BCUT2D eigenvalue weighted by Crippen LogP contribution is -2.40. The Bertz CT molecular complexity index is 992. The lowest BCUT2D eigenvalue weighted by molar-refractivity contribution is -0.152. The predicted molar refractivity (Wildman–Crippen MR) is 104 cm³/mol. The molecule has 12 nitrogen and oxygen atoms in total. The van der Waals surface area contributed by atoms with E-state index < -0.39 is 73.8 Å². The number of halogens is 1. The molecule has 0 amide bonds. The maximum Gasteiger partial charge on any atom is 0.339 e. The highest BCUT2D eigenvalue weighted by molar-refractivity contribution is 9.10. The largest absolute Gasteiger partial charge is 0.468 e. The summed E-state index contributed by atoms with van der Waals surface area (Å²) >= 11 is 3.12. The molecule has 1 saturated carbocycles. The molecule has 0 aromatic heterocycles. The van der Waals surface area contributed by atoms with Gasteiger partial charge in [-0.15, -0.1) is 0 Å². The number of hydrogen-bond donors (Lipinski definition) is 0. The van der Waals surface area contributed by atoms with Gasteiger partial charge in [-0.3, -0.25) is 9.59 Å². The fraction of sp³-hybridized carbons (Fsp3) is 0.474. The van der Waals surface area contributed by atoms with Crippen LogP contribution in [0.1, 0.15) is 0 Å². The fourth-order valence-electron chi connectivity index (χ4n) is 4.05. The molecule has 2 aliphatic rings. The van der Waals surface area contributed by atoms with Crippen LogP contribution < -0.4 is 0 Å². The number of methoxy groups -OCH3 is 6. The minimum absolute atomic E-state index is 0.597. The van der Waals surface area contributed by atoms with E-state index in [4.69, 9.17) is 28.4 Å². The first-order valence-electron chi connectivity index (χ1n) is 8.70. The number of rotatable bonds is 6. The summed E-state index contributed by atoms with van der Waals surface area (Å²) in [6.07, 6.45) is 0. The number of alkyl halides is 1. The van der Waals surface area contributed by atoms with Crippen LogP contribution in [-0.4, -0.2) is 82.8 Å². The zero-order chi connectivity index (χ0) is 24.6. The molecule has 0 N–H and O–H groups in total. The van der Waals surface area contributed by atoms with Crippen LogP contribution in [0.4, 0.5) is 0 Å². The van der Waals surface area contributed by atoms with Crippen LogP contribution in [0, 0.1) is 11.3 Å². The van der Waals surface area contributed by atoms with E-state index in [9.17, 15) is 28.8 Å². The molecule has 0 radical (unpaired) electrons. The molecule has 3 atom stereocenters. The van der Waals surface area contributed by atoms with E-state index >= 15 is 0 Å². The molecular weight excluding hydrogens is 500 g/mol. The molecule has 0 bridgehead atoms. The van der Waals surface area contributed by atoms with Crippen LogP contribution >= 0.6 is 15.9 Å². The van der Waals surface area contributed by atoms with Gasteiger partial charge in [-0.05, 0) is 0 Å². The molecule has 0 aromatic carbocycles. The normalized spacial score (nSPS) is 25.8. The molecule has 0 saturated heterocycles. The van der Waals surface area contributed by atoms with Gasteiger partial charge < -0.3 is 28.4 Å². The van der Waals surface area contributed by atoms with Gasteiger partial charge >= 0.3 is 35.8 Å². The second kappa shape index (κ2) is 8.73. The maximum atomic E-state index is 13.1.